The number of nitrogens with zero attached hydrogens (tertiary/aromatic N) is 2. The van der Waals surface area contributed by atoms with Gasteiger partial charge in [-0.25, -0.2) is 8.42 Å². The van der Waals surface area contributed by atoms with Crippen molar-refractivity contribution in [2.45, 2.75) is 18.2 Å². The number of sulfone groups is 1. The molecule has 3 rings (SSSR count). The Balaban J connectivity index is 1.50. The van der Waals surface area contributed by atoms with Crippen molar-refractivity contribution >= 4 is 43.8 Å². The third-order valence-corrected chi connectivity index (χ3v) is 6.74. The number of nitrogens with one attached hydrogen (secondary N) is 1. The maximum absolute atomic E-state index is 12.4. The smallest absolute Gasteiger partial charge is 0.264 e. The Morgan fingerprint density at radius 3 is 2.48 bits per heavy atom. The number of hydrogen-bond acceptors (Lipinski definition) is 7. The summed E-state index contributed by atoms with van der Waals surface area (Å²) in [5, 5.41) is 11.8. The van der Waals surface area contributed by atoms with Gasteiger partial charge in [-0.15, -0.1) is 10.2 Å². The van der Waals surface area contributed by atoms with E-state index >= 15 is 0 Å². The van der Waals surface area contributed by atoms with Gasteiger partial charge in [0.05, 0.1) is 10.6 Å². The molecule has 0 saturated carbocycles. The van der Waals surface area contributed by atoms with Gasteiger partial charge in [-0.2, -0.15) is 0 Å². The van der Waals surface area contributed by atoms with E-state index in [9.17, 15) is 13.2 Å². The third-order valence-electron chi connectivity index (χ3n) is 3.86. The van der Waals surface area contributed by atoms with E-state index in [1.165, 1.54) is 0 Å². The van der Waals surface area contributed by atoms with Gasteiger partial charge in [0, 0.05) is 11.4 Å². The number of aromatic nitrogens is 2. The van der Waals surface area contributed by atoms with E-state index in [-0.39, 0.29) is 28.8 Å². The molecule has 0 spiro atoms. The predicted molar refractivity (Wildman–Crippen MR) is 112 cm³/mol. The van der Waals surface area contributed by atoms with E-state index in [1.54, 1.807) is 48.5 Å². The van der Waals surface area contributed by atoms with Gasteiger partial charge >= 0.3 is 0 Å². The summed E-state index contributed by atoms with van der Waals surface area (Å²) in [6.07, 6.45) is 0.213. The summed E-state index contributed by atoms with van der Waals surface area (Å²) in [4.78, 5) is 12.3. The molecule has 29 heavy (non-hydrogen) atoms. The van der Waals surface area contributed by atoms with Crippen molar-refractivity contribution in [3.05, 3.63) is 64.1 Å². The molecule has 0 bridgehead atoms. The summed E-state index contributed by atoms with van der Waals surface area (Å²) in [5.41, 5.74) is 0.994. The Kier molecular flexibility index (Phi) is 6.83. The Morgan fingerprint density at radius 1 is 1.10 bits per heavy atom. The summed E-state index contributed by atoms with van der Waals surface area (Å²) in [6.45, 7) is 1.70. The molecule has 0 unspecified atom stereocenters. The number of benzene rings is 2. The van der Waals surface area contributed by atoms with Crippen molar-refractivity contribution in [2.24, 2.45) is 0 Å². The lowest BCUT2D eigenvalue weighted by molar-refractivity contribution is -0.118. The van der Waals surface area contributed by atoms with Crippen molar-refractivity contribution in [3.8, 4) is 5.75 Å². The van der Waals surface area contributed by atoms with Crippen LogP contribution in [0, 0.1) is 6.92 Å². The molecule has 152 valence electrons. The van der Waals surface area contributed by atoms with Gasteiger partial charge in [-0.3, -0.25) is 10.1 Å². The van der Waals surface area contributed by atoms with Crippen molar-refractivity contribution in [2.75, 3.05) is 17.7 Å². The fourth-order valence-corrected chi connectivity index (χ4v) is 4.58. The summed E-state index contributed by atoms with van der Waals surface area (Å²) in [6, 6.07) is 13.4. The molecule has 0 aliphatic carbocycles. The van der Waals surface area contributed by atoms with Gasteiger partial charge in [0.1, 0.15) is 10.8 Å². The molecule has 0 fully saturated rings. The second-order valence-corrected chi connectivity index (χ2v) is 9.78. The fourth-order valence-electron chi connectivity index (χ4n) is 2.33. The molecule has 1 aromatic heterocycles. The number of rotatable bonds is 8. The quantitative estimate of drug-likeness (QED) is 0.562. The van der Waals surface area contributed by atoms with E-state index in [4.69, 9.17) is 16.3 Å². The van der Waals surface area contributed by atoms with Crippen LogP contribution in [-0.2, 0) is 21.1 Å². The van der Waals surface area contributed by atoms with E-state index in [1.807, 2.05) is 6.92 Å². The molecule has 10 heteroatoms. The number of halogens is 1. The zero-order valence-electron chi connectivity index (χ0n) is 15.5. The highest BCUT2D eigenvalue weighted by molar-refractivity contribution is 7.91. The minimum Gasteiger partial charge on any atom is -0.484 e. The average Bonchev–Trinajstić information content (AvgIpc) is 3.14. The summed E-state index contributed by atoms with van der Waals surface area (Å²) in [7, 11) is -3.41. The normalized spacial score (nSPS) is 11.2. The van der Waals surface area contributed by atoms with Crippen LogP contribution in [0.5, 0.6) is 5.75 Å². The number of carbonyl (C=O) groups excluding carboxylic acids is 1. The predicted octanol–water partition coefficient (Wildman–Crippen LogP) is 3.53. The first kappa shape index (κ1) is 21.2. The highest BCUT2D eigenvalue weighted by Crippen LogP contribution is 2.19. The van der Waals surface area contributed by atoms with Crippen LogP contribution < -0.4 is 10.1 Å². The highest BCUT2D eigenvalue weighted by atomic mass is 35.5. The SMILES string of the molecule is Cc1ccc(S(=O)(=O)CCc2nnc(NC(=O)COc3ccc(Cl)cc3)s2)cc1. The average molecular weight is 452 g/mol. The molecule has 2 aromatic carbocycles. The van der Waals surface area contributed by atoms with Gasteiger partial charge in [0.25, 0.3) is 5.91 Å². The Hall–Kier alpha value is -2.49. The molecule has 3 aromatic rings. The molecule has 7 nitrogen and oxygen atoms in total. The van der Waals surface area contributed by atoms with Crippen LogP contribution in [0.25, 0.3) is 0 Å². The zero-order valence-corrected chi connectivity index (χ0v) is 17.9. The van der Waals surface area contributed by atoms with Gasteiger partial charge in [0.2, 0.25) is 5.13 Å². The topological polar surface area (TPSA) is 98.3 Å². The van der Waals surface area contributed by atoms with E-state index in [0.717, 1.165) is 16.9 Å². The van der Waals surface area contributed by atoms with Crippen molar-refractivity contribution in [1.82, 2.24) is 10.2 Å². The molecule has 1 heterocycles. The molecule has 0 aliphatic rings. The first-order valence-electron chi connectivity index (χ1n) is 8.62. The van der Waals surface area contributed by atoms with Crippen LogP contribution in [0.2, 0.25) is 5.02 Å². The van der Waals surface area contributed by atoms with E-state index in [0.29, 0.717) is 15.8 Å². The van der Waals surface area contributed by atoms with Crippen LogP contribution in [0.3, 0.4) is 0 Å². The lowest BCUT2D eigenvalue weighted by Crippen LogP contribution is -2.20. The summed E-state index contributed by atoms with van der Waals surface area (Å²) >= 11 is 6.92. The van der Waals surface area contributed by atoms with Gasteiger partial charge in [-0.05, 0) is 43.3 Å². The second-order valence-electron chi connectivity index (χ2n) is 6.17. The number of hydrogen-bond donors (Lipinski definition) is 1. The van der Waals surface area contributed by atoms with Crippen molar-refractivity contribution < 1.29 is 17.9 Å². The minimum absolute atomic E-state index is 0.0850. The number of anilines is 1. The standard InChI is InChI=1S/C19H18ClN3O4S2/c1-13-2-8-16(9-3-13)29(25,26)11-10-18-22-23-19(28-18)21-17(24)12-27-15-6-4-14(20)5-7-15/h2-9H,10-12H2,1H3,(H,21,23,24). The first-order chi connectivity index (χ1) is 13.8. The lowest BCUT2D eigenvalue weighted by atomic mass is 10.2. The zero-order chi connectivity index (χ0) is 20.9. The number of aryl methyl sites for hydroxylation is 2. The molecule has 1 N–H and O–H groups in total. The van der Waals surface area contributed by atoms with Crippen LogP contribution in [-0.4, -0.2) is 36.9 Å². The Morgan fingerprint density at radius 2 is 1.79 bits per heavy atom. The van der Waals surface area contributed by atoms with E-state index in [2.05, 4.69) is 15.5 Å². The second kappa shape index (κ2) is 9.34. The highest BCUT2D eigenvalue weighted by Gasteiger charge is 2.16. The minimum atomic E-state index is -3.41. The maximum Gasteiger partial charge on any atom is 0.264 e. The van der Waals surface area contributed by atoms with Crippen LogP contribution in [0.1, 0.15) is 10.6 Å². The molecular weight excluding hydrogens is 434 g/mol. The molecule has 0 radical (unpaired) electrons. The summed E-state index contributed by atoms with van der Waals surface area (Å²) in [5.74, 6) is 0.0388. The van der Waals surface area contributed by atoms with Gasteiger partial charge < -0.3 is 4.74 Å². The van der Waals surface area contributed by atoms with E-state index < -0.39 is 15.7 Å². The monoisotopic (exact) mass is 451 g/mol. The van der Waals surface area contributed by atoms with Crippen LogP contribution >= 0.6 is 22.9 Å². The van der Waals surface area contributed by atoms with Crippen LogP contribution in [0.4, 0.5) is 5.13 Å². The largest absolute Gasteiger partial charge is 0.484 e. The molecule has 1 amide bonds. The molecule has 0 atom stereocenters. The Bertz CT molecular complexity index is 1080. The maximum atomic E-state index is 12.4. The molecular formula is C19H18ClN3O4S2. The lowest BCUT2D eigenvalue weighted by Gasteiger charge is -2.05. The fraction of sp³-hybridized carbons (Fsp3) is 0.211. The van der Waals surface area contributed by atoms with Crippen molar-refractivity contribution in [3.63, 3.8) is 0 Å². The molecule has 0 saturated heterocycles. The van der Waals surface area contributed by atoms with Gasteiger partial charge in [-0.1, -0.05) is 40.6 Å². The van der Waals surface area contributed by atoms with Gasteiger partial charge in [0.15, 0.2) is 16.4 Å². The summed E-state index contributed by atoms with van der Waals surface area (Å²) < 4.78 is 30.2. The number of amides is 1. The number of ether oxygens (including phenoxy) is 1. The molecule has 0 aliphatic heterocycles. The third kappa shape index (κ3) is 6.25. The Labute approximate surface area is 177 Å². The van der Waals surface area contributed by atoms with Crippen molar-refractivity contribution in [1.29, 1.82) is 0 Å². The number of carbonyl (C=O) groups is 1. The first-order valence-corrected chi connectivity index (χ1v) is 11.5. The van der Waals surface area contributed by atoms with Crippen LogP contribution in [0.15, 0.2) is 53.4 Å².